The summed E-state index contributed by atoms with van der Waals surface area (Å²) in [7, 11) is 0. The molecule has 1 aliphatic rings. The average Bonchev–Trinajstić information content (AvgIpc) is 2.97. The molecule has 0 aliphatic carbocycles. The van der Waals surface area contributed by atoms with Crippen molar-refractivity contribution in [3.63, 3.8) is 0 Å². The molecule has 0 unspecified atom stereocenters. The largest absolute Gasteiger partial charge is 0.451 e. The van der Waals surface area contributed by atoms with Crippen molar-refractivity contribution in [3.05, 3.63) is 75.3 Å². The molecule has 30 heavy (non-hydrogen) atoms. The normalized spacial score (nSPS) is 13.6. The number of esters is 1. The number of hydrogen-bond acceptors (Lipinski definition) is 7. The predicted octanol–water partition coefficient (Wildman–Crippen LogP) is 1.44. The van der Waals surface area contributed by atoms with Crippen molar-refractivity contribution in [2.24, 2.45) is 0 Å². The second kappa shape index (κ2) is 8.52. The highest BCUT2D eigenvalue weighted by Crippen LogP contribution is 2.26. The van der Waals surface area contributed by atoms with Crippen molar-refractivity contribution in [3.8, 4) is 0 Å². The van der Waals surface area contributed by atoms with Crippen molar-refractivity contribution in [1.82, 2.24) is 10.2 Å². The summed E-state index contributed by atoms with van der Waals surface area (Å²) in [6, 6.07) is 12.4. The molecular formula is C20H17N3O7. The number of nitrogens with one attached hydrogen (secondary N) is 1. The maximum atomic E-state index is 12.4. The Labute approximate surface area is 170 Å². The van der Waals surface area contributed by atoms with Crippen LogP contribution in [0.5, 0.6) is 0 Å². The molecule has 154 valence electrons. The van der Waals surface area contributed by atoms with Gasteiger partial charge in [-0.2, -0.15) is 0 Å². The number of amides is 3. The molecule has 0 aromatic heterocycles. The van der Waals surface area contributed by atoms with Crippen LogP contribution < -0.4 is 5.32 Å². The maximum Gasteiger partial charge on any atom is 0.326 e. The first-order chi connectivity index (χ1) is 14.3. The highest BCUT2D eigenvalue weighted by molar-refractivity contribution is 6.22. The minimum absolute atomic E-state index is 0.0351. The molecule has 3 amide bonds. The van der Waals surface area contributed by atoms with Crippen LogP contribution in [0.4, 0.5) is 5.69 Å². The fraction of sp³-hybridized carbons (Fsp3) is 0.200. The number of carbonyl (C=O) groups is 4. The van der Waals surface area contributed by atoms with Gasteiger partial charge in [-0.1, -0.05) is 30.3 Å². The van der Waals surface area contributed by atoms with Gasteiger partial charge in [-0.3, -0.25) is 34.2 Å². The SMILES string of the molecule is C[C@H](OC(=O)CN1C(=O)c2ccc([N+](=O)[O-])cc2C1=O)C(=O)NCc1ccccc1. The number of non-ortho nitro benzene ring substituents is 1. The van der Waals surface area contributed by atoms with Gasteiger partial charge in [0, 0.05) is 18.7 Å². The number of nitro benzene ring substituents is 1. The third-order valence-corrected chi connectivity index (χ3v) is 4.44. The number of nitrogens with zero attached hydrogens (tertiary/aromatic N) is 2. The van der Waals surface area contributed by atoms with Crippen LogP contribution in [0.2, 0.25) is 0 Å². The molecular weight excluding hydrogens is 394 g/mol. The molecule has 0 radical (unpaired) electrons. The smallest absolute Gasteiger partial charge is 0.326 e. The standard InChI is InChI=1S/C20H17N3O7/c1-12(18(25)21-10-13-5-3-2-4-6-13)30-17(24)11-22-19(26)15-8-7-14(23(28)29)9-16(15)20(22)27/h2-9,12H,10-11H2,1H3,(H,21,25)/t12-/m0/s1. The van der Waals surface area contributed by atoms with E-state index in [2.05, 4.69) is 5.32 Å². The lowest BCUT2D eigenvalue weighted by molar-refractivity contribution is -0.384. The van der Waals surface area contributed by atoms with Crippen LogP contribution in [0, 0.1) is 10.1 Å². The molecule has 10 heteroatoms. The summed E-state index contributed by atoms with van der Waals surface area (Å²) >= 11 is 0. The van der Waals surface area contributed by atoms with Crippen LogP contribution >= 0.6 is 0 Å². The molecule has 1 N–H and O–H groups in total. The summed E-state index contributed by atoms with van der Waals surface area (Å²) in [4.78, 5) is 59.8. The molecule has 3 rings (SSSR count). The van der Waals surface area contributed by atoms with E-state index in [1.54, 1.807) is 0 Å². The second-order valence-corrected chi connectivity index (χ2v) is 6.52. The van der Waals surface area contributed by atoms with E-state index in [9.17, 15) is 29.3 Å². The Kier molecular flexibility index (Phi) is 5.86. The molecule has 1 atom stereocenters. The number of fused-ring (bicyclic) bond motifs is 1. The Morgan fingerprint density at radius 2 is 1.77 bits per heavy atom. The average molecular weight is 411 g/mol. The molecule has 10 nitrogen and oxygen atoms in total. The lowest BCUT2D eigenvalue weighted by Gasteiger charge is -2.16. The van der Waals surface area contributed by atoms with Gasteiger partial charge in [-0.15, -0.1) is 0 Å². The van der Waals surface area contributed by atoms with Crippen LogP contribution in [0.1, 0.15) is 33.2 Å². The van der Waals surface area contributed by atoms with Gasteiger partial charge in [0.15, 0.2) is 6.10 Å². The number of ether oxygens (including phenoxy) is 1. The van der Waals surface area contributed by atoms with Crippen molar-refractivity contribution in [1.29, 1.82) is 0 Å². The Hall–Kier alpha value is -4.08. The molecule has 0 saturated heterocycles. The van der Waals surface area contributed by atoms with Crippen molar-refractivity contribution >= 4 is 29.4 Å². The van der Waals surface area contributed by atoms with Gasteiger partial charge in [-0.05, 0) is 18.6 Å². The zero-order valence-corrected chi connectivity index (χ0v) is 15.9. The molecule has 1 aliphatic heterocycles. The molecule has 1 heterocycles. The molecule has 0 spiro atoms. The fourth-order valence-electron chi connectivity index (χ4n) is 2.88. The van der Waals surface area contributed by atoms with Crippen LogP contribution in [-0.2, 0) is 20.9 Å². The van der Waals surface area contributed by atoms with E-state index in [1.807, 2.05) is 30.3 Å². The number of benzene rings is 2. The number of nitro groups is 1. The van der Waals surface area contributed by atoms with Crippen LogP contribution in [0.25, 0.3) is 0 Å². The highest BCUT2D eigenvalue weighted by Gasteiger charge is 2.38. The Balaban J connectivity index is 1.57. The quantitative estimate of drug-likeness (QED) is 0.315. The minimum atomic E-state index is -1.14. The summed E-state index contributed by atoms with van der Waals surface area (Å²) in [5.41, 5.74) is 0.329. The van der Waals surface area contributed by atoms with E-state index in [-0.39, 0.29) is 23.4 Å². The number of imide groups is 1. The molecule has 0 bridgehead atoms. The maximum absolute atomic E-state index is 12.4. The summed E-state index contributed by atoms with van der Waals surface area (Å²) in [6.45, 7) is 0.902. The fourth-order valence-corrected chi connectivity index (χ4v) is 2.88. The van der Waals surface area contributed by atoms with E-state index < -0.39 is 41.3 Å². The van der Waals surface area contributed by atoms with Gasteiger partial charge in [0.1, 0.15) is 6.54 Å². The first-order valence-electron chi connectivity index (χ1n) is 8.93. The van der Waals surface area contributed by atoms with Gasteiger partial charge < -0.3 is 10.1 Å². The highest BCUT2D eigenvalue weighted by atomic mass is 16.6. The topological polar surface area (TPSA) is 136 Å². The van der Waals surface area contributed by atoms with Crippen LogP contribution in [0.3, 0.4) is 0 Å². The third-order valence-electron chi connectivity index (χ3n) is 4.44. The Morgan fingerprint density at radius 3 is 2.43 bits per heavy atom. The van der Waals surface area contributed by atoms with Crippen molar-refractivity contribution in [2.75, 3.05) is 6.54 Å². The van der Waals surface area contributed by atoms with Gasteiger partial charge in [0.05, 0.1) is 16.1 Å². The van der Waals surface area contributed by atoms with E-state index >= 15 is 0 Å². The molecule has 0 fully saturated rings. The first kappa shape index (κ1) is 20.6. The summed E-state index contributed by atoms with van der Waals surface area (Å²) < 4.78 is 5.01. The third kappa shape index (κ3) is 4.32. The number of carbonyl (C=O) groups excluding carboxylic acids is 4. The van der Waals surface area contributed by atoms with E-state index in [4.69, 9.17) is 4.74 Å². The monoisotopic (exact) mass is 411 g/mol. The zero-order valence-electron chi connectivity index (χ0n) is 15.9. The summed E-state index contributed by atoms with van der Waals surface area (Å²) in [5.74, 6) is -3.09. The van der Waals surface area contributed by atoms with Crippen molar-refractivity contribution in [2.45, 2.75) is 19.6 Å². The lowest BCUT2D eigenvalue weighted by atomic mass is 10.1. The van der Waals surface area contributed by atoms with Crippen LogP contribution in [-0.4, -0.2) is 46.2 Å². The molecule has 2 aromatic rings. The molecule has 2 aromatic carbocycles. The van der Waals surface area contributed by atoms with E-state index in [0.29, 0.717) is 4.90 Å². The molecule has 0 saturated carbocycles. The summed E-state index contributed by atoms with van der Waals surface area (Å²) in [6.07, 6.45) is -1.14. The first-order valence-corrected chi connectivity index (χ1v) is 8.93. The minimum Gasteiger partial charge on any atom is -0.451 e. The Bertz CT molecular complexity index is 1040. The summed E-state index contributed by atoms with van der Waals surface area (Å²) in [5, 5.41) is 13.5. The van der Waals surface area contributed by atoms with Gasteiger partial charge in [0.25, 0.3) is 23.4 Å². The van der Waals surface area contributed by atoms with Gasteiger partial charge in [-0.25, -0.2) is 0 Å². The zero-order chi connectivity index (χ0) is 21.8. The van der Waals surface area contributed by atoms with E-state index in [1.165, 1.54) is 13.0 Å². The van der Waals surface area contributed by atoms with Crippen LogP contribution in [0.15, 0.2) is 48.5 Å². The number of rotatable bonds is 7. The van der Waals surface area contributed by atoms with Gasteiger partial charge in [0.2, 0.25) is 0 Å². The van der Waals surface area contributed by atoms with E-state index in [0.717, 1.165) is 17.7 Å². The Morgan fingerprint density at radius 1 is 1.10 bits per heavy atom. The number of hydrogen-bond donors (Lipinski definition) is 1. The van der Waals surface area contributed by atoms with Crippen molar-refractivity contribution < 1.29 is 28.8 Å². The predicted molar refractivity (Wildman–Crippen MR) is 102 cm³/mol. The second-order valence-electron chi connectivity index (χ2n) is 6.52. The van der Waals surface area contributed by atoms with Gasteiger partial charge >= 0.3 is 5.97 Å². The lowest BCUT2D eigenvalue weighted by Crippen LogP contribution is -2.40.